The molecule has 15 heavy (non-hydrogen) atoms. The van der Waals surface area contributed by atoms with E-state index in [0.29, 0.717) is 5.56 Å². The molecule has 0 aliphatic rings. The van der Waals surface area contributed by atoms with E-state index in [0.717, 1.165) is 0 Å². The van der Waals surface area contributed by atoms with E-state index in [1.54, 1.807) is 0 Å². The van der Waals surface area contributed by atoms with Crippen molar-refractivity contribution in [1.29, 1.82) is 0 Å². The maximum absolute atomic E-state index is 11.8. The van der Waals surface area contributed by atoms with Crippen molar-refractivity contribution in [1.82, 2.24) is 4.90 Å². The second-order valence-corrected chi connectivity index (χ2v) is 3.74. The summed E-state index contributed by atoms with van der Waals surface area (Å²) in [4.78, 5) is 23.8. The van der Waals surface area contributed by atoms with E-state index in [-0.39, 0.29) is 5.91 Å². The molecule has 0 spiro atoms. The number of carbonyl (C=O) groups excluding carboxylic acids is 1. The van der Waals surface area contributed by atoms with Gasteiger partial charge in [0.1, 0.15) is 11.8 Å². The number of furan rings is 1. The van der Waals surface area contributed by atoms with E-state index in [9.17, 15) is 9.59 Å². The van der Waals surface area contributed by atoms with Crippen LogP contribution in [0, 0.1) is 0 Å². The van der Waals surface area contributed by atoms with Gasteiger partial charge in [0.25, 0.3) is 5.91 Å². The van der Waals surface area contributed by atoms with Crippen molar-refractivity contribution in [2.75, 3.05) is 7.05 Å². The molecule has 1 heterocycles. The smallest absolute Gasteiger partial charge is 0.329 e. The van der Waals surface area contributed by atoms with Gasteiger partial charge in [0, 0.05) is 7.05 Å². The third-order valence-electron chi connectivity index (χ3n) is 2.43. The van der Waals surface area contributed by atoms with Crippen LogP contribution in [0.15, 0.2) is 23.0 Å². The zero-order valence-electron chi connectivity index (χ0n) is 8.85. The number of amides is 1. The average Bonchev–Trinajstić information content (AvgIpc) is 2.67. The molecule has 0 fully saturated rings. The summed E-state index contributed by atoms with van der Waals surface area (Å²) in [7, 11) is 1.45. The minimum absolute atomic E-state index is 0.340. The normalized spacial score (nSPS) is 11.1. The second-order valence-electron chi connectivity index (χ2n) is 3.74. The summed E-state index contributed by atoms with van der Waals surface area (Å²) in [5, 5.41) is 8.94. The van der Waals surface area contributed by atoms with Crippen LogP contribution in [-0.2, 0) is 4.79 Å². The lowest BCUT2D eigenvalue weighted by Crippen LogP contribution is -2.50. The molecule has 1 N–H and O–H groups in total. The predicted molar refractivity (Wildman–Crippen MR) is 52.5 cm³/mol. The van der Waals surface area contributed by atoms with Gasteiger partial charge < -0.3 is 14.4 Å². The van der Waals surface area contributed by atoms with Gasteiger partial charge in [-0.3, -0.25) is 4.79 Å². The van der Waals surface area contributed by atoms with Gasteiger partial charge in [0.05, 0.1) is 11.8 Å². The van der Waals surface area contributed by atoms with Crippen LogP contribution in [0.2, 0.25) is 0 Å². The van der Waals surface area contributed by atoms with E-state index in [4.69, 9.17) is 9.52 Å². The van der Waals surface area contributed by atoms with Crippen molar-refractivity contribution >= 4 is 11.9 Å². The Morgan fingerprint density at radius 1 is 1.47 bits per heavy atom. The van der Waals surface area contributed by atoms with Gasteiger partial charge in [0.15, 0.2) is 0 Å². The first-order valence-corrected chi connectivity index (χ1v) is 4.41. The fourth-order valence-electron chi connectivity index (χ4n) is 0.977. The van der Waals surface area contributed by atoms with Crippen LogP contribution in [0.4, 0.5) is 0 Å². The van der Waals surface area contributed by atoms with Crippen LogP contribution < -0.4 is 0 Å². The summed E-state index contributed by atoms with van der Waals surface area (Å²) in [5.74, 6) is -1.43. The molecule has 0 aliphatic heterocycles. The minimum atomic E-state index is -1.24. The molecule has 0 saturated heterocycles. The van der Waals surface area contributed by atoms with Gasteiger partial charge in [-0.2, -0.15) is 0 Å². The van der Waals surface area contributed by atoms with Crippen LogP contribution in [0.5, 0.6) is 0 Å². The van der Waals surface area contributed by atoms with Gasteiger partial charge in [-0.25, -0.2) is 4.79 Å². The van der Waals surface area contributed by atoms with Gasteiger partial charge in [-0.05, 0) is 19.9 Å². The fraction of sp³-hybridized carbons (Fsp3) is 0.400. The number of rotatable bonds is 3. The molecule has 5 heteroatoms. The summed E-state index contributed by atoms with van der Waals surface area (Å²) in [6, 6.07) is 1.50. The molecule has 0 aromatic carbocycles. The lowest BCUT2D eigenvalue weighted by Gasteiger charge is -2.31. The number of aliphatic carboxylic acids is 1. The number of carboxylic acids is 1. The zero-order valence-corrected chi connectivity index (χ0v) is 8.85. The molecular weight excluding hydrogens is 198 g/mol. The molecule has 0 unspecified atom stereocenters. The Bertz CT molecular complexity index is 367. The number of carbonyl (C=O) groups is 2. The van der Waals surface area contributed by atoms with Crippen LogP contribution >= 0.6 is 0 Å². The number of hydrogen-bond acceptors (Lipinski definition) is 3. The predicted octanol–water partition coefficient (Wildman–Crippen LogP) is 1.21. The first kappa shape index (κ1) is 11.3. The highest BCUT2D eigenvalue weighted by atomic mass is 16.4. The maximum atomic E-state index is 11.8. The van der Waals surface area contributed by atoms with Crippen molar-refractivity contribution in [3.63, 3.8) is 0 Å². The van der Waals surface area contributed by atoms with Crippen molar-refractivity contribution in [2.45, 2.75) is 19.4 Å². The SMILES string of the molecule is CN(C(=O)c1ccoc1)C(C)(C)C(=O)O. The van der Waals surface area contributed by atoms with E-state index in [1.807, 2.05) is 0 Å². The third kappa shape index (κ3) is 2.01. The van der Waals surface area contributed by atoms with Crippen molar-refractivity contribution in [2.24, 2.45) is 0 Å². The van der Waals surface area contributed by atoms with Gasteiger partial charge >= 0.3 is 5.97 Å². The molecule has 0 radical (unpaired) electrons. The van der Waals surface area contributed by atoms with E-state index < -0.39 is 11.5 Å². The molecule has 1 amide bonds. The number of nitrogens with zero attached hydrogens (tertiary/aromatic N) is 1. The third-order valence-corrected chi connectivity index (χ3v) is 2.43. The average molecular weight is 211 g/mol. The summed E-state index contributed by atoms with van der Waals surface area (Å²) in [6.07, 6.45) is 2.66. The number of hydrogen-bond donors (Lipinski definition) is 1. The molecule has 1 aromatic heterocycles. The van der Waals surface area contributed by atoms with E-state index >= 15 is 0 Å². The van der Waals surface area contributed by atoms with Gasteiger partial charge in [-0.15, -0.1) is 0 Å². The first-order valence-electron chi connectivity index (χ1n) is 4.41. The van der Waals surface area contributed by atoms with E-state index in [1.165, 1.54) is 44.4 Å². The van der Waals surface area contributed by atoms with E-state index in [2.05, 4.69) is 0 Å². The molecule has 5 nitrogen and oxygen atoms in total. The minimum Gasteiger partial charge on any atom is -0.480 e. The van der Waals surface area contributed by atoms with Crippen LogP contribution in [-0.4, -0.2) is 34.5 Å². The molecule has 0 saturated carbocycles. The van der Waals surface area contributed by atoms with Crippen molar-refractivity contribution < 1.29 is 19.1 Å². The first-order chi connectivity index (χ1) is 6.87. The fourth-order valence-corrected chi connectivity index (χ4v) is 0.977. The maximum Gasteiger partial charge on any atom is 0.329 e. The Kier molecular flexibility index (Phi) is 2.83. The standard InChI is InChI=1S/C10H13NO4/c1-10(2,9(13)14)11(3)8(12)7-4-5-15-6-7/h4-6H,1-3H3,(H,13,14). The highest BCUT2D eigenvalue weighted by molar-refractivity contribution is 5.97. The lowest BCUT2D eigenvalue weighted by molar-refractivity contribution is -0.147. The summed E-state index contributed by atoms with van der Waals surface area (Å²) in [6.45, 7) is 2.93. The highest BCUT2D eigenvalue weighted by Gasteiger charge is 2.35. The Hall–Kier alpha value is -1.78. The van der Waals surface area contributed by atoms with Crippen LogP contribution in [0.25, 0.3) is 0 Å². The molecular formula is C10H13NO4. The summed E-state index contributed by atoms with van der Waals surface area (Å²) >= 11 is 0. The quantitative estimate of drug-likeness (QED) is 0.815. The molecule has 1 aromatic rings. The largest absolute Gasteiger partial charge is 0.480 e. The van der Waals surface area contributed by atoms with Crippen LogP contribution in [0.1, 0.15) is 24.2 Å². The monoisotopic (exact) mass is 211 g/mol. The Morgan fingerprint density at radius 3 is 2.47 bits per heavy atom. The molecule has 0 aliphatic carbocycles. The molecule has 82 valence electrons. The van der Waals surface area contributed by atoms with Crippen molar-refractivity contribution in [3.8, 4) is 0 Å². The van der Waals surface area contributed by atoms with Crippen molar-refractivity contribution in [3.05, 3.63) is 24.2 Å². The van der Waals surface area contributed by atoms with Gasteiger partial charge in [-0.1, -0.05) is 0 Å². The Labute approximate surface area is 87.3 Å². The summed E-state index contributed by atoms with van der Waals surface area (Å²) < 4.78 is 4.76. The molecule has 0 bridgehead atoms. The second kappa shape index (κ2) is 3.76. The Balaban J connectivity index is 2.91. The lowest BCUT2D eigenvalue weighted by atomic mass is 10.0. The zero-order chi connectivity index (χ0) is 11.6. The highest BCUT2D eigenvalue weighted by Crippen LogP contribution is 2.16. The van der Waals surface area contributed by atoms with Gasteiger partial charge in [0.2, 0.25) is 0 Å². The van der Waals surface area contributed by atoms with Crippen LogP contribution in [0.3, 0.4) is 0 Å². The molecule has 1 rings (SSSR count). The number of likely N-dealkylation sites (N-methyl/N-ethyl adjacent to an activating group) is 1. The Morgan fingerprint density at radius 2 is 2.07 bits per heavy atom. The number of carboxylic acid groups (broad SMARTS) is 1. The topological polar surface area (TPSA) is 70.8 Å². The molecule has 0 atom stereocenters. The summed E-state index contributed by atoms with van der Waals surface area (Å²) in [5.41, 5.74) is -0.902.